The largest absolute Gasteiger partial charge is 0.392 e. The van der Waals surface area contributed by atoms with Crippen molar-refractivity contribution in [2.45, 2.75) is 44.2 Å². The van der Waals surface area contributed by atoms with E-state index in [-0.39, 0.29) is 6.61 Å². The molecular formula is C19H23NO. The van der Waals surface area contributed by atoms with Gasteiger partial charge in [-0.3, -0.25) is 0 Å². The predicted molar refractivity (Wildman–Crippen MR) is 87.4 cm³/mol. The molecule has 1 aliphatic rings. The second-order valence-electron chi connectivity index (χ2n) is 5.91. The first-order valence-electron chi connectivity index (χ1n) is 7.88. The summed E-state index contributed by atoms with van der Waals surface area (Å²) in [6.07, 6.45) is 5.07. The number of benzene rings is 2. The third-order valence-corrected chi connectivity index (χ3v) is 4.46. The van der Waals surface area contributed by atoms with E-state index in [2.05, 4.69) is 47.8 Å². The lowest BCUT2D eigenvalue weighted by molar-refractivity contribution is 0.282. The maximum absolute atomic E-state index is 9.27. The molecule has 2 atom stereocenters. The van der Waals surface area contributed by atoms with Gasteiger partial charge in [-0.05, 0) is 36.1 Å². The van der Waals surface area contributed by atoms with Crippen molar-refractivity contribution in [3.63, 3.8) is 0 Å². The molecule has 1 aliphatic carbocycles. The highest BCUT2D eigenvalue weighted by molar-refractivity contribution is 5.47. The Balaban J connectivity index is 1.78. The molecule has 2 unspecified atom stereocenters. The summed E-state index contributed by atoms with van der Waals surface area (Å²) < 4.78 is 0. The highest BCUT2D eigenvalue weighted by Gasteiger charge is 2.26. The SMILES string of the molecule is OCc1cccc(NC2CCCCC2c2ccccc2)c1. The summed E-state index contributed by atoms with van der Waals surface area (Å²) in [6.45, 7) is 0.0995. The normalized spacial score (nSPS) is 22.0. The lowest BCUT2D eigenvalue weighted by Crippen LogP contribution is -2.30. The molecule has 0 saturated heterocycles. The molecule has 0 radical (unpaired) electrons. The summed E-state index contributed by atoms with van der Waals surface area (Å²) in [6, 6.07) is 19.4. The topological polar surface area (TPSA) is 32.3 Å². The standard InChI is InChI=1S/C19H23NO/c21-14-15-7-6-10-17(13-15)20-19-12-5-4-11-18(19)16-8-2-1-3-9-16/h1-3,6-10,13,18-21H,4-5,11-12,14H2. The highest BCUT2D eigenvalue weighted by Crippen LogP contribution is 2.34. The van der Waals surface area contributed by atoms with Crippen molar-refractivity contribution in [1.82, 2.24) is 0 Å². The fourth-order valence-corrected chi connectivity index (χ4v) is 3.38. The van der Waals surface area contributed by atoms with Gasteiger partial charge in [0.1, 0.15) is 0 Å². The molecular weight excluding hydrogens is 258 g/mol. The van der Waals surface area contributed by atoms with Crippen molar-refractivity contribution in [2.24, 2.45) is 0 Å². The van der Waals surface area contributed by atoms with Gasteiger partial charge in [0.25, 0.3) is 0 Å². The Morgan fingerprint density at radius 3 is 2.57 bits per heavy atom. The minimum atomic E-state index is 0.0995. The van der Waals surface area contributed by atoms with E-state index in [4.69, 9.17) is 0 Å². The highest BCUT2D eigenvalue weighted by atomic mass is 16.3. The first-order chi connectivity index (χ1) is 10.4. The Labute approximate surface area is 126 Å². The molecule has 0 amide bonds. The minimum Gasteiger partial charge on any atom is -0.392 e. The van der Waals surface area contributed by atoms with Gasteiger partial charge in [-0.15, -0.1) is 0 Å². The van der Waals surface area contributed by atoms with Crippen LogP contribution in [0, 0.1) is 0 Å². The quantitative estimate of drug-likeness (QED) is 0.875. The Morgan fingerprint density at radius 1 is 0.952 bits per heavy atom. The van der Waals surface area contributed by atoms with E-state index < -0.39 is 0 Å². The molecule has 0 aromatic heterocycles. The minimum absolute atomic E-state index is 0.0995. The number of anilines is 1. The molecule has 2 aromatic rings. The van der Waals surface area contributed by atoms with Crippen LogP contribution in [0.1, 0.15) is 42.7 Å². The molecule has 3 rings (SSSR count). The fourth-order valence-electron chi connectivity index (χ4n) is 3.38. The zero-order valence-electron chi connectivity index (χ0n) is 12.3. The Morgan fingerprint density at radius 2 is 1.76 bits per heavy atom. The smallest absolute Gasteiger partial charge is 0.0682 e. The zero-order chi connectivity index (χ0) is 14.5. The first kappa shape index (κ1) is 14.2. The van der Waals surface area contributed by atoms with Gasteiger partial charge >= 0.3 is 0 Å². The van der Waals surface area contributed by atoms with Gasteiger partial charge in [0.05, 0.1) is 6.61 Å². The summed E-state index contributed by atoms with van der Waals surface area (Å²) in [4.78, 5) is 0. The van der Waals surface area contributed by atoms with Gasteiger partial charge in [-0.1, -0.05) is 55.3 Å². The fraction of sp³-hybridized carbons (Fsp3) is 0.368. The Hall–Kier alpha value is -1.80. The summed E-state index contributed by atoms with van der Waals surface area (Å²) in [7, 11) is 0. The summed E-state index contributed by atoms with van der Waals surface area (Å²) >= 11 is 0. The average Bonchev–Trinajstić information content (AvgIpc) is 2.56. The zero-order valence-corrected chi connectivity index (χ0v) is 12.3. The van der Waals surface area contributed by atoms with Gasteiger partial charge < -0.3 is 10.4 Å². The van der Waals surface area contributed by atoms with Crippen LogP contribution >= 0.6 is 0 Å². The average molecular weight is 281 g/mol. The lowest BCUT2D eigenvalue weighted by atomic mass is 9.80. The van der Waals surface area contributed by atoms with E-state index in [1.54, 1.807) is 0 Å². The maximum Gasteiger partial charge on any atom is 0.0682 e. The van der Waals surface area contributed by atoms with Gasteiger partial charge in [0.15, 0.2) is 0 Å². The van der Waals surface area contributed by atoms with Crippen LogP contribution in [0.25, 0.3) is 0 Å². The number of aliphatic hydroxyl groups is 1. The third kappa shape index (κ3) is 3.45. The summed E-state index contributed by atoms with van der Waals surface area (Å²) in [5, 5.41) is 13.0. The molecule has 0 heterocycles. The van der Waals surface area contributed by atoms with Crippen molar-refractivity contribution < 1.29 is 5.11 Å². The monoisotopic (exact) mass is 281 g/mol. The van der Waals surface area contributed by atoms with Crippen molar-refractivity contribution in [3.05, 3.63) is 65.7 Å². The molecule has 2 nitrogen and oxygen atoms in total. The molecule has 0 spiro atoms. The van der Waals surface area contributed by atoms with Gasteiger partial charge in [-0.2, -0.15) is 0 Å². The van der Waals surface area contributed by atoms with Crippen LogP contribution in [0.15, 0.2) is 54.6 Å². The molecule has 0 bridgehead atoms. The Bertz CT molecular complexity index is 567. The molecule has 2 N–H and O–H groups in total. The van der Waals surface area contributed by atoms with Crippen LogP contribution in [-0.2, 0) is 6.61 Å². The Kier molecular flexibility index (Phi) is 4.56. The first-order valence-corrected chi connectivity index (χ1v) is 7.88. The van der Waals surface area contributed by atoms with Crippen molar-refractivity contribution in [1.29, 1.82) is 0 Å². The number of hydrogen-bond acceptors (Lipinski definition) is 2. The van der Waals surface area contributed by atoms with Gasteiger partial charge in [0.2, 0.25) is 0 Å². The number of nitrogens with one attached hydrogen (secondary N) is 1. The molecule has 0 aliphatic heterocycles. The third-order valence-electron chi connectivity index (χ3n) is 4.46. The molecule has 2 heteroatoms. The second kappa shape index (κ2) is 6.77. The lowest BCUT2D eigenvalue weighted by Gasteiger charge is -2.33. The van der Waals surface area contributed by atoms with Crippen LogP contribution < -0.4 is 5.32 Å². The van der Waals surface area contributed by atoms with Crippen molar-refractivity contribution in [2.75, 3.05) is 5.32 Å². The molecule has 21 heavy (non-hydrogen) atoms. The van der Waals surface area contributed by atoms with E-state index in [0.717, 1.165) is 11.3 Å². The molecule has 1 fully saturated rings. The van der Waals surface area contributed by atoms with Crippen LogP contribution in [0.3, 0.4) is 0 Å². The van der Waals surface area contributed by atoms with Crippen molar-refractivity contribution in [3.8, 4) is 0 Å². The second-order valence-corrected chi connectivity index (χ2v) is 5.91. The van der Waals surface area contributed by atoms with Crippen LogP contribution in [0.2, 0.25) is 0 Å². The molecule has 110 valence electrons. The van der Waals surface area contributed by atoms with E-state index >= 15 is 0 Å². The van der Waals surface area contributed by atoms with E-state index in [9.17, 15) is 5.11 Å². The number of aliphatic hydroxyl groups excluding tert-OH is 1. The van der Waals surface area contributed by atoms with Crippen LogP contribution in [0.4, 0.5) is 5.69 Å². The number of rotatable bonds is 4. The maximum atomic E-state index is 9.27. The summed E-state index contributed by atoms with van der Waals surface area (Å²) in [5.41, 5.74) is 3.52. The van der Waals surface area contributed by atoms with E-state index in [1.165, 1.54) is 31.2 Å². The molecule has 1 saturated carbocycles. The van der Waals surface area contributed by atoms with Crippen molar-refractivity contribution >= 4 is 5.69 Å². The van der Waals surface area contributed by atoms with E-state index in [0.29, 0.717) is 12.0 Å². The van der Waals surface area contributed by atoms with Gasteiger partial charge in [0, 0.05) is 17.6 Å². The van der Waals surface area contributed by atoms with E-state index in [1.807, 2.05) is 12.1 Å². The van der Waals surface area contributed by atoms with Crippen LogP contribution in [-0.4, -0.2) is 11.1 Å². The number of hydrogen-bond donors (Lipinski definition) is 2. The predicted octanol–water partition coefficient (Wildman–Crippen LogP) is 4.32. The molecule has 2 aromatic carbocycles. The van der Waals surface area contributed by atoms with Crippen LogP contribution in [0.5, 0.6) is 0 Å². The van der Waals surface area contributed by atoms with Gasteiger partial charge in [-0.25, -0.2) is 0 Å². The summed E-state index contributed by atoms with van der Waals surface area (Å²) in [5.74, 6) is 0.581.